The summed E-state index contributed by atoms with van der Waals surface area (Å²) in [6.45, 7) is 5.62. The van der Waals surface area contributed by atoms with Crippen LogP contribution in [0.15, 0.2) is 48.7 Å². The molecule has 2 heterocycles. The molecule has 0 N–H and O–H groups in total. The second-order valence-corrected chi connectivity index (χ2v) is 6.75. The maximum Gasteiger partial charge on any atom is 0.223 e. The average Bonchev–Trinajstić information content (AvgIpc) is 2.80. The normalized spacial score (nSPS) is 16.1. The molecule has 0 radical (unpaired) electrons. The lowest BCUT2D eigenvalue weighted by Crippen LogP contribution is -2.26. The first-order valence-electron chi connectivity index (χ1n) is 7.82. The maximum atomic E-state index is 12.0. The van der Waals surface area contributed by atoms with Crippen LogP contribution in [-0.4, -0.2) is 22.3 Å². The number of aromatic nitrogens is 1. The fraction of sp³-hybridized carbons (Fsp3) is 0.300. The van der Waals surface area contributed by atoms with Crippen LogP contribution in [0.5, 0.6) is 0 Å². The molecule has 3 nitrogen and oxygen atoms in total. The molecule has 1 aromatic heterocycles. The van der Waals surface area contributed by atoms with E-state index < -0.39 is 0 Å². The number of hydrogen-bond acceptors (Lipinski definition) is 2. The van der Waals surface area contributed by atoms with Gasteiger partial charge in [-0.15, -0.1) is 0 Å². The molecule has 3 heteroatoms. The molecule has 3 rings (SSSR count). The lowest BCUT2D eigenvalue weighted by Gasteiger charge is -2.19. The lowest BCUT2D eigenvalue weighted by molar-refractivity contribution is -0.128. The average molecular weight is 304 g/mol. The molecule has 1 saturated heterocycles. The molecule has 1 fully saturated rings. The first-order valence-corrected chi connectivity index (χ1v) is 7.82. The maximum absolute atomic E-state index is 12.0. The van der Waals surface area contributed by atoms with E-state index in [1.165, 1.54) is 0 Å². The summed E-state index contributed by atoms with van der Waals surface area (Å²) in [6, 6.07) is 13.8. The van der Waals surface area contributed by atoms with Crippen LogP contribution in [-0.2, 0) is 11.3 Å². The minimum absolute atomic E-state index is 0.0676. The summed E-state index contributed by atoms with van der Waals surface area (Å²) in [5, 5.41) is 0. The number of nitrogens with zero attached hydrogens (tertiary/aromatic N) is 2. The Labute approximate surface area is 137 Å². The summed E-state index contributed by atoms with van der Waals surface area (Å²) in [6.07, 6.45) is 2.39. The predicted molar refractivity (Wildman–Crippen MR) is 90.5 cm³/mol. The van der Waals surface area contributed by atoms with Crippen molar-refractivity contribution >= 4 is 5.91 Å². The van der Waals surface area contributed by atoms with E-state index in [0.717, 1.165) is 23.4 Å². The molecule has 116 valence electrons. The van der Waals surface area contributed by atoms with Crippen LogP contribution in [0.4, 0.5) is 0 Å². The highest BCUT2D eigenvalue weighted by molar-refractivity contribution is 5.79. The molecule has 0 spiro atoms. The van der Waals surface area contributed by atoms with E-state index in [-0.39, 0.29) is 11.3 Å². The van der Waals surface area contributed by atoms with Crippen molar-refractivity contribution in [2.24, 2.45) is 5.41 Å². The molecule has 0 atom stereocenters. The van der Waals surface area contributed by atoms with Gasteiger partial charge in [-0.05, 0) is 29.7 Å². The van der Waals surface area contributed by atoms with Crippen molar-refractivity contribution in [3.05, 3.63) is 65.5 Å². The molecule has 0 aliphatic carbocycles. The number of pyridine rings is 1. The Kier molecular flexibility index (Phi) is 4.16. The van der Waals surface area contributed by atoms with Crippen LogP contribution >= 0.6 is 0 Å². The fourth-order valence-corrected chi connectivity index (χ4v) is 2.78. The van der Waals surface area contributed by atoms with Crippen molar-refractivity contribution in [2.45, 2.75) is 26.8 Å². The van der Waals surface area contributed by atoms with Crippen LogP contribution < -0.4 is 0 Å². The molecule has 23 heavy (non-hydrogen) atoms. The van der Waals surface area contributed by atoms with Gasteiger partial charge < -0.3 is 4.90 Å². The summed E-state index contributed by atoms with van der Waals surface area (Å²) in [4.78, 5) is 18.3. The number of hydrogen-bond donors (Lipinski definition) is 0. The van der Waals surface area contributed by atoms with Gasteiger partial charge in [0.15, 0.2) is 0 Å². The van der Waals surface area contributed by atoms with E-state index in [1.807, 2.05) is 47.4 Å². The van der Waals surface area contributed by atoms with E-state index in [0.29, 0.717) is 13.0 Å². The zero-order chi connectivity index (χ0) is 16.3. The molecule has 1 aromatic carbocycles. The van der Waals surface area contributed by atoms with Gasteiger partial charge in [0.2, 0.25) is 5.91 Å². The third-order valence-corrected chi connectivity index (χ3v) is 3.90. The quantitative estimate of drug-likeness (QED) is 0.798. The van der Waals surface area contributed by atoms with Gasteiger partial charge in [0.1, 0.15) is 0 Å². The van der Waals surface area contributed by atoms with Crippen LogP contribution in [0.1, 0.15) is 37.1 Å². The molecule has 1 aliphatic heterocycles. The number of benzene rings is 1. The molecule has 0 saturated carbocycles. The Morgan fingerprint density at radius 2 is 1.83 bits per heavy atom. The minimum atomic E-state index is 0.0676. The van der Waals surface area contributed by atoms with E-state index in [1.54, 1.807) is 6.20 Å². The summed E-state index contributed by atoms with van der Waals surface area (Å²) in [5.41, 5.74) is 2.84. The van der Waals surface area contributed by atoms with Gasteiger partial charge in [0, 0.05) is 30.3 Å². The van der Waals surface area contributed by atoms with Crippen molar-refractivity contribution in [3.8, 4) is 11.8 Å². The molecular weight excluding hydrogens is 284 g/mol. The SMILES string of the molecule is CC1(C)CC(=O)N(Cc2ccc(C#Cc3ccccc3)cn2)C1. The largest absolute Gasteiger partial charge is 0.336 e. The van der Waals surface area contributed by atoms with Gasteiger partial charge >= 0.3 is 0 Å². The third-order valence-electron chi connectivity index (χ3n) is 3.90. The van der Waals surface area contributed by atoms with Crippen molar-refractivity contribution in [1.29, 1.82) is 0 Å². The van der Waals surface area contributed by atoms with Gasteiger partial charge in [-0.3, -0.25) is 9.78 Å². The highest BCUT2D eigenvalue weighted by Gasteiger charge is 2.35. The van der Waals surface area contributed by atoms with Crippen LogP contribution in [0.2, 0.25) is 0 Å². The van der Waals surface area contributed by atoms with Gasteiger partial charge in [0.25, 0.3) is 0 Å². The van der Waals surface area contributed by atoms with Gasteiger partial charge in [-0.2, -0.15) is 0 Å². The van der Waals surface area contributed by atoms with Gasteiger partial charge in [-0.25, -0.2) is 0 Å². The minimum Gasteiger partial charge on any atom is -0.336 e. The molecule has 0 bridgehead atoms. The molecule has 2 aromatic rings. The number of rotatable bonds is 2. The Balaban J connectivity index is 1.66. The Morgan fingerprint density at radius 3 is 2.43 bits per heavy atom. The standard InChI is InChI=1S/C20H20N2O/c1-20(2)12-19(23)22(15-20)14-18-11-10-17(13-21-18)9-8-16-6-4-3-5-7-16/h3-7,10-11,13H,12,14-15H2,1-2H3. The van der Waals surface area contributed by atoms with Crippen molar-refractivity contribution < 1.29 is 4.79 Å². The topological polar surface area (TPSA) is 33.2 Å². The Morgan fingerprint density at radius 1 is 1.09 bits per heavy atom. The Hall–Kier alpha value is -2.60. The summed E-state index contributed by atoms with van der Waals surface area (Å²) in [5.74, 6) is 6.44. The second kappa shape index (κ2) is 6.26. The van der Waals surface area contributed by atoms with Gasteiger partial charge in [-0.1, -0.05) is 43.9 Å². The number of likely N-dealkylation sites (tertiary alicyclic amines) is 1. The van der Waals surface area contributed by atoms with E-state index in [4.69, 9.17) is 0 Å². The summed E-state index contributed by atoms with van der Waals surface area (Å²) in [7, 11) is 0. The van der Waals surface area contributed by atoms with Gasteiger partial charge in [0.05, 0.1) is 12.2 Å². The van der Waals surface area contributed by atoms with Crippen molar-refractivity contribution in [3.63, 3.8) is 0 Å². The molecular formula is C20H20N2O. The monoisotopic (exact) mass is 304 g/mol. The molecule has 1 amide bonds. The summed E-state index contributed by atoms with van der Waals surface area (Å²) >= 11 is 0. The first-order chi connectivity index (χ1) is 11.0. The predicted octanol–water partition coefficient (Wildman–Crippen LogP) is 3.24. The van der Waals surface area contributed by atoms with E-state index >= 15 is 0 Å². The van der Waals surface area contributed by atoms with Crippen LogP contribution in [0.25, 0.3) is 0 Å². The zero-order valence-corrected chi connectivity index (χ0v) is 13.5. The molecule has 1 aliphatic rings. The number of carbonyl (C=O) groups is 1. The van der Waals surface area contributed by atoms with E-state index in [2.05, 4.69) is 30.7 Å². The third kappa shape index (κ3) is 3.98. The number of amides is 1. The smallest absolute Gasteiger partial charge is 0.223 e. The van der Waals surface area contributed by atoms with Crippen molar-refractivity contribution in [1.82, 2.24) is 9.88 Å². The number of carbonyl (C=O) groups excluding carboxylic acids is 1. The van der Waals surface area contributed by atoms with E-state index in [9.17, 15) is 4.79 Å². The fourth-order valence-electron chi connectivity index (χ4n) is 2.78. The summed E-state index contributed by atoms with van der Waals surface area (Å²) < 4.78 is 0. The zero-order valence-electron chi connectivity index (χ0n) is 13.5. The van der Waals surface area contributed by atoms with Crippen LogP contribution in [0, 0.1) is 17.3 Å². The van der Waals surface area contributed by atoms with Crippen molar-refractivity contribution in [2.75, 3.05) is 6.54 Å². The highest BCUT2D eigenvalue weighted by Crippen LogP contribution is 2.30. The second-order valence-electron chi connectivity index (χ2n) is 6.75. The van der Waals surface area contributed by atoms with Crippen LogP contribution in [0.3, 0.4) is 0 Å². The lowest BCUT2D eigenvalue weighted by atomic mass is 9.93. The Bertz CT molecular complexity index is 752. The first kappa shape index (κ1) is 15.3. The molecule has 0 unspecified atom stereocenters. The highest BCUT2D eigenvalue weighted by atomic mass is 16.2.